The topological polar surface area (TPSA) is 98.5 Å². The van der Waals surface area contributed by atoms with Gasteiger partial charge in [0.05, 0.1) is 5.56 Å². The second-order valence-corrected chi connectivity index (χ2v) is 3.43. The highest BCUT2D eigenvalue weighted by Gasteiger charge is 2.10. The molecule has 3 N–H and O–H groups in total. The van der Waals surface area contributed by atoms with Gasteiger partial charge < -0.3 is 10.5 Å². The van der Waals surface area contributed by atoms with Gasteiger partial charge in [-0.1, -0.05) is 11.6 Å². The maximum absolute atomic E-state index is 11.4. The lowest BCUT2D eigenvalue weighted by Gasteiger charge is -2.04. The molecular weight excluding hydrogens is 248 g/mol. The summed E-state index contributed by atoms with van der Waals surface area (Å²) in [6.07, 6.45) is 0. The van der Waals surface area contributed by atoms with Gasteiger partial charge in [-0.3, -0.25) is 10.1 Å². The van der Waals surface area contributed by atoms with Crippen molar-refractivity contribution >= 4 is 29.5 Å². The molecule has 0 unspecified atom stereocenters. The number of benzene rings is 1. The van der Waals surface area contributed by atoms with Crippen LogP contribution in [0, 0.1) is 0 Å². The van der Waals surface area contributed by atoms with Crippen LogP contribution >= 0.6 is 11.6 Å². The summed E-state index contributed by atoms with van der Waals surface area (Å²) in [5.74, 6) is -1.49. The molecule has 0 aliphatic rings. The molecule has 0 atom stereocenters. The summed E-state index contributed by atoms with van der Waals surface area (Å²) in [5, 5.41) is 2.24. The number of nitrogens with two attached hydrogens (primary N) is 1. The van der Waals surface area contributed by atoms with Crippen LogP contribution in [-0.4, -0.2) is 24.5 Å². The van der Waals surface area contributed by atoms with Gasteiger partial charge >= 0.3 is 12.0 Å². The number of primary amides is 1. The second kappa shape index (κ2) is 5.86. The molecule has 0 heterocycles. The Labute approximate surface area is 102 Å². The highest BCUT2D eigenvalue weighted by Crippen LogP contribution is 2.10. The summed E-state index contributed by atoms with van der Waals surface area (Å²) in [5.41, 5.74) is 4.95. The molecular formula is C10H9ClN2O4. The molecule has 0 aliphatic carbocycles. The standard InChI is InChI=1S/C10H9ClN2O4/c11-7-3-1-6(2-4-7)9(15)17-5-8(14)13-10(12)16/h1-4H,5H2,(H3,12,13,14,16). The van der Waals surface area contributed by atoms with Gasteiger partial charge in [-0.15, -0.1) is 0 Å². The maximum Gasteiger partial charge on any atom is 0.338 e. The monoisotopic (exact) mass is 256 g/mol. The van der Waals surface area contributed by atoms with E-state index in [2.05, 4.69) is 4.74 Å². The van der Waals surface area contributed by atoms with Gasteiger partial charge in [0.2, 0.25) is 0 Å². The summed E-state index contributed by atoms with van der Waals surface area (Å²) in [4.78, 5) is 32.6. The van der Waals surface area contributed by atoms with Crippen molar-refractivity contribution in [2.75, 3.05) is 6.61 Å². The molecule has 3 amide bonds. The Morgan fingerprint density at radius 3 is 2.35 bits per heavy atom. The molecule has 0 fully saturated rings. The first-order chi connectivity index (χ1) is 7.99. The average Bonchev–Trinajstić information content (AvgIpc) is 2.26. The van der Waals surface area contributed by atoms with E-state index in [4.69, 9.17) is 17.3 Å². The molecule has 1 rings (SSSR count). The van der Waals surface area contributed by atoms with E-state index in [1.165, 1.54) is 24.3 Å². The van der Waals surface area contributed by atoms with Gasteiger partial charge in [-0.2, -0.15) is 0 Å². The minimum atomic E-state index is -1.00. The number of urea groups is 1. The third-order valence-electron chi connectivity index (χ3n) is 1.68. The van der Waals surface area contributed by atoms with Crippen molar-refractivity contribution in [3.63, 3.8) is 0 Å². The van der Waals surface area contributed by atoms with E-state index in [1.54, 1.807) is 5.32 Å². The van der Waals surface area contributed by atoms with Gasteiger partial charge in [0.15, 0.2) is 6.61 Å². The maximum atomic E-state index is 11.4. The Morgan fingerprint density at radius 1 is 1.24 bits per heavy atom. The van der Waals surface area contributed by atoms with Gasteiger partial charge in [-0.05, 0) is 24.3 Å². The van der Waals surface area contributed by atoms with E-state index in [0.717, 1.165) is 0 Å². The number of esters is 1. The van der Waals surface area contributed by atoms with E-state index in [-0.39, 0.29) is 5.56 Å². The predicted octanol–water partition coefficient (Wildman–Crippen LogP) is 0.692. The van der Waals surface area contributed by atoms with Crippen LogP contribution in [-0.2, 0) is 9.53 Å². The molecule has 7 heteroatoms. The zero-order chi connectivity index (χ0) is 12.8. The van der Waals surface area contributed by atoms with Gasteiger partial charge in [0.1, 0.15) is 0 Å². The molecule has 1 aromatic carbocycles. The first kappa shape index (κ1) is 13.0. The van der Waals surface area contributed by atoms with Crippen molar-refractivity contribution in [2.45, 2.75) is 0 Å². The van der Waals surface area contributed by atoms with Crippen molar-refractivity contribution in [1.29, 1.82) is 0 Å². The van der Waals surface area contributed by atoms with E-state index in [9.17, 15) is 14.4 Å². The van der Waals surface area contributed by atoms with Crippen molar-refractivity contribution in [2.24, 2.45) is 5.73 Å². The predicted molar refractivity (Wildman–Crippen MR) is 59.5 cm³/mol. The van der Waals surface area contributed by atoms with Crippen LogP contribution in [0.3, 0.4) is 0 Å². The quantitative estimate of drug-likeness (QED) is 0.778. The van der Waals surface area contributed by atoms with Crippen molar-refractivity contribution in [1.82, 2.24) is 5.32 Å². The Morgan fingerprint density at radius 2 is 1.82 bits per heavy atom. The molecule has 0 radical (unpaired) electrons. The van der Waals surface area contributed by atoms with E-state index < -0.39 is 24.5 Å². The van der Waals surface area contributed by atoms with Crippen LogP contribution in [0.25, 0.3) is 0 Å². The van der Waals surface area contributed by atoms with E-state index in [0.29, 0.717) is 5.02 Å². The number of nitrogens with one attached hydrogen (secondary N) is 1. The first-order valence-corrected chi connectivity index (χ1v) is 4.89. The van der Waals surface area contributed by atoms with Crippen molar-refractivity contribution in [3.8, 4) is 0 Å². The molecule has 0 spiro atoms. The molecule has 0 bridgehead atoms. The summed E-state index contributed by atoms with van der Waals surface area (Å²) in [7, 11) is 0. The fraction of sp³-hybridized carbons (Fsp3) is 0.100. The third-order valence-corrected chi connectivity index (χ3v) is 1.93. The molecule has 0 aromatic heterocycles. The fourth-order valence-electron chi connectivity index (χ4n) is 0.974. The largest absolute Gasteiger partial charge is 0.452 e. The number of ether oxygens (including phenoxy) is 1. The van der Waals surface area contributed by atoms with Gasteiger partial charge in [0, 0.05) is 5.02 Å². The highest BCUT2D eigenvalue weighted by atomic mass is 35.5. The summed E-state index contributed by atoms with van der Waals surface area (Å²) in [6.45, 7) is -0.579. The number of amides is 3. The number of carbonyl (C=O) groups is 3. The lowest BCUT2D eigenvalue weighted by atomic mass is 10.2. The van der Waals surface area contributed by atoms with E-state index >= 15 is 0 Å². The molecule has 6 nitrogen and oxygen atoms in total. The highest BCUT2D eigenvalue weighted by molar-refractivity contribution is 6.30. The number of hydrogen-bond acceptors (Lipinski definition) is 4. The number of halogens is 1. The smallest absolute Gasteiger partial charge is 0.338 e. The third kappa shape index (κ3) is 4.52. The minimum absolute atomic E-state index is 0.251. The zero-order valence-electron chi connectivity index (χ0n) is 8.60. The molecule has 0 aliphatic heterocycles. The lowest BCUT2D eigenvalue weighted by molar-refractivity contribution is -0.123. The summed E-state index contributed by atoms with van der Waals surface area (Å²) in [6, 6.07) is 4.94. The summed E-state index contributed by atoms with van der Waals surface area (Å²) < 4.78 is 4.63. The Kier molecular flexibility index (Phi) is 4.47. The van der Waals surface area contributed by atoms with E-state index in [1.807, 2.05) is 0 Å². The Bertz CT molecular complexity index is 444. The summed E-state index contributed by atoms with van der Waals surface area (Å²) >= 11 is 5.63. The number of carbonyl (C=O) groups excluding carboxylic acids is 3. The van der Waals surface area contributed by atoms with Crippen LogP contribution in [0.5, 0.6) is 0 Å². The normalized spacial score (nSPS) is 9.47. The van der Waals surface area contributed by atoms with Crippen LogP contribution in [0.15, 0.2) is 24.3 Å². The minimum Gasteiger partial charge on any atom is -0.452 e. The lowest BCUT2D eigenvalue weighted by Crippen LogP contribution is -2.37. The second-order valence-electron chi connectivity index (χ2n) is 3.00. The van der Waals surface area contributed by atoms with Gasteiger partial charge in [-0.25, -0.2) is 9.59 Å². The van der Waals surface area contributed by atoms with Crippen molar-refractivity contribution < 1.29 is 19.1 Å². The Hall–Kier alpha value is -2.08. The SMILES string of the molecule is NC(=O)NC(=O)COC(=O)c1ccc(Cl)cc1. The molecule has 90 valence electrons. The van der Waals surface area contributed by atoms with Crippen LogP contribution in [0.4, 0.5) is 4.79 Å². The van der Waals surface area contributed by atoms with Crippen LogP contribution < -0.4 is 11.1 Å². The Balaban J connectivity index is 2.47. The number of hydrogen-bond donors (Lipinski definition) is 2. The van der Waals surface area contributed by atoms with Crippen LogP contribution in [0.2, 0.25) is 5.02 Å². The van der Waals surface area contributed by atoms with Gasteiger partial charge in [0.25, 0.3) is 5.91 Å². The molecule has 0 saturated heterocycles. The number of imide groups is 1. The van der Waals surface area contributed by atoms with Crippen molar-refractivity contribution in [3.05, 3.63) is 34.9 Å². The number of rotatable bonds is 3. The molecule has 17 heavy (non-hydrogen) atoms. The zero-order valence-corrected chi connectivity index (χ0v) is 9.36. The average molecular weight is 257 g/mol. The fourth-order valence-corrected chi connectivity index (χ4v) is 1.10. The molecule has 1 aromatic rings. The first-order valence-electron chi connectivity index (χ1n) is 4.51. The molecule has 0 saturated carbocycles. The van der Waals surface area contributed by atoms with Crippen LogP contribution in [0.1, 0.15) is 10.4 Å².